The van der Waals surface area contributed by atoms with Crippen molar-refractivity contribution in [1.29, 1.82) is 4.78 Å². The Kier molecular flexibility index (Phi) is 1.32. The van der Waals surface area contributed by atoms with Gasteiger partial charge >= 0.3 is 0 Å². The SMILES string of the molecule is N=S1C=CSC1. The van der Waals surface area contributed by atoms with Gasteiger partial charge in [-0.05, 0) is 10.8 Å². The molecule has 1 unspecified atom stereocenters. The van der Waals surface area contributed by atoms with Crippen molar-refractivity contribution in [2.75, 3.05) is 5.08 Å². The summed E-state index contributed by atoms with van der Waals surface area (Å²) in [5, 5.41) is 4.92. The zero-order valence-corrected chi connectivity index (χ0v) is 4.81. The molecule has 34 valence electrons. The average Bonchev–Trinajstić information content (AvgIpc) is 1.86. The van der Waals surface area contributed by atoms with Gasteiger partial charge in [0.05, 0.1) is 5.08 Å². The minimum atomic E-state index is -0.140. The van der Waals surface area contributed by atoms with Crippen molar-refractivity contribution in [3.63, 3.8) is 0 Å². The quantitative estimate of drug-likeness (QED) is 0.514. The maximum absolute atomic E-state index is 7.05. The van der Waals surface area contributed by atoms with Crippen LogP contribution in [0.15, 0.2) is 10.8 Å². The first-order chi connectivity index (χ1) is 2.89. The molecule has 1 atom stereocenters. The molecule has 1 N–H and O–H groups in total. The lowest BCUT2D eigenvalue weighted by Gasteiger charge is -1.78. The summed E-state index contributed by atoms with van der Waals surface area (Å²) in [5.74, 6) is 0. The fourth-order valence-corrected chi connectivity index (χ4v) is 2.32. The Morgan fingerprint density at radius 3 is 2.83 bits per heavy atom. The van der Waals surface area contributed by atoms with Crippen LogP contribution < -0.4 is 0 Å². The van der Waals surface area contributed by atoms with Crippen LogP contribution >= 0.6 is 11.8 Å². The monoisotopic (exact) mass is 119 g/mol. The standard InChI is InChI=1S/C3H5NS2/c4-6-2-1-5-3-6/h1-2,4H,3H2. The van der Waals surface area contributed by atoms with Crippen molar-refractivity contribution in [1.82, 2.24) is 0 Å². The van der Waals surface area contributed by atoms with Gasteiger partial charge in [-0.25, -0.2) is 0 Å². The first-order valence-corrected chi connectivity index (χ1v) is 4.09. The van der Waals surface area contributed by atoms with Gasteiger partial charge in [-0.3, -0.25) is 4.78 Å². The van der Waals surface area contributed by atoms with E-state index in [1.54, 1.807) is 11.8 Å². The highest BCUT2D eigenvalue weighted by Gasteiger charge is 1.92. The number of thioether (sulfide) groups is 1. The predicted molar refractivity (Wildman–Crippen MR) is 31.7 cm³/mol. The highest BCUT2D eigenvalue weighted by molar-refractivity contribution is 8.16. The first kappa shape index (κ1) is 4.40. The largest absolute Gasteiger partial charge is 0.275 e. The van der Waals surface area contributed by atoms with Gasteiger partial charge in [0.25, 0.3) is 0 Å². The van der Waals surface area contributed by atoms with E-state index in [-0.39, 0.29) is 10.7 Å². The molecule has 0 saturated heterocycles. The van der Waals surface area contributed by atoms with E-state index in [0.717, 1.165) is 5.08 Å². The molecule has 0 saturated carbocycles. The van der Waals surface area contributed by atoms with Crippen molar-refractivity contribution in [3.05, 3.63) is 10.8 Å². The van der Waals surface area contributed by atoms with Crippen LogP contribution in [0, 0.1) is 4.78 Å². The fraction of sp³-hybridized carbons (Fsp3) is 0.333. The fourth-order valence-electron chi connectivity index (χ4n) is 0.258. The van der Waals surface area contributed by atoms with Gasteiger partial charge in [-0.15, -0.1) is 11.8 Å². The second kappa shape index (κ2) is 1.80. The molecule has 0 spiro atoms. The number of hydrogen-bond donors (Lipinski definition) is 1. The van der Waals surface area contributed by atoms with Crippen LogP contribution in [0.25, 0.3) is 0 Å². The summed E-state index contributed by atoms with van der Waals surface area (Å²) in [4.78, 5) is 0. The Morgan fingerprint density at radius 2 is 2.67 bits per heavy atom. The van der Waals surface area contributed by atoms with Crippen molar-refractivity contribution in [2.45, 2.75) is 0 Å². The summed E-state index contributed by atoms with van der Waals surface area (Å²) in [6.07, 6.45) is 0. The van der Waals surface area contributed by atoms with E-state index in [9.17, 15) is 0 Å². The summed E-state index contributed by atoms with van der Waals surface area (Å²) >= 11 is 1.73. The van der Waals surface area contributed by atoms with Crippen molar-refractivity contribution < 1.29 is 0 Å². The smallest absolute Gasteiger partial charge is 0.0578 e. The van der Waals surface area contributed by atoms with Gasteiger partial charge in [0, 0.05) is 0 Å². The molecule has 3 heteroatoms. The second-order valence-corrected chi connectivity index (χ2v) is 3.66. The van der Waals surface area contributed by atoms with E-state index in [1.165, 1.54) is 0 Å². The maximum atomic E-state index is 7.05. The third-order valence-corrected chi connectivity index (χ3v) is 3.04. The van der Waals surface area contributed by atoms with E-state index >= 15 is 0 Å². The lowest BCUT2D eigenvalue weighted by atomic mass is 11.3. The third-order valence-electron chi connectivity index (χ3n) is 0.511. The summed E-state index contributed by atoms with van der Waals surface area (Å²) in [7, 11) is -0.140. The molecule has 0 aromatic carbocycles. The van der Waals surface area contributed by atoms with Gasteiger partial charge in [0.1, 0.15) is 0 Å². The molecule has 1 nitrogen and oxygen atoms in total. The molecule has 1 aliphatic heterocycles. The van der Waals surface area contributed by atoms with Crippen molar-refractivity contribution in [2.24, 2.45) is 0 Å². The molecule has 0 bridgehead atoms. The molecular weight excluding hydrogens is 114 g/mol. The van der Waals surface area contributed by atoms with Crippen LogP contribution in [-0.2, 0) is 10.7 Å². The van der Waals surface area contributed by atoms with Crippen LogP contribution in [-0.4, -0.2) is 5.08 Å². The summed E-state index contributed by atoms with van der Waals surface area (Å²) in [5.41, 5.74) is 0. The van der Waals surface area contributed by atoms with Gasteiger partial charge in [0.15, 0.2) is 0 Å². The van der Waals surface area contributed by atoms with Gasteiger partial charge in [-0.1, -0.05) is 10.7 Å². The molecule has 1 rings (SSSR count). The maximum Gasteiger partial charge on any atom is 0.0578 e. The van der Waals surface area contributed by atoms with Crippen LogP contribution in [0.4, 0.5) is 0 Å². The number of rotatable bonds is 0. The number of nitrogens with one attached hydrogen (secondary N) is 1. The lowest BCUT2D eigenvalue weighted by Crippen LogP contribution is -1.72. The highest BCUT2D eigenvalue weighted by Crippen LogP contribution is 2.13. The Morgan fingerprint density at radius 1 is 1.83 bits per heavy atom. The van der Waals surface area contributed by atoms with Crippen molar-refractivity contribution in [3.8, 4) is 0 Å². The molecule has 1 aliphatic rings. The summed E-state index contributed by atoms with van der Waals surface area (Å²) < 4.78 is 7.05. The van der Waals surface area contributed by atoms with E-state index in [2.05, 4.69) is 0 Å². The van der Waals surface area contributed by atoms with Crippen LogP contribution in [0.2, 0.25) is 0 Å². The van der Waals surface area contributed by atoms with E-state index in [4.69, 9.17) is 4.78 Å². The molecular formula is C3H5NS2. The van der Waals surface area contributed by atoms with Gasteiger partial charge in [0.2, 0.25) is 0 Å². The Balaban J connectivity index is 2.59. The van der Waals surface area contributed by atoms with E-state index in [1.807, 2.05) is 10.8 Å². The third kappa shape index (κ3) is 0.849. The molecule has 0 fully saturated rings. The van der Waals surface area contributed by atoms with Crippen LogP contribution in [0.5, 0.6) is 0 Å². The minimum absolute atomic E-state index is 0.140. The highest BCUT2D eigenvalue weighted by atomic mass is 32.2. The van der Waals surface area contributed by atoms with E-state index in [0.29, 0.717) is 0 Å². The van der Waals surface area contributed by atoms with Crippen LogP contribution in [0.3, 0.4) is 0 Å². The van der Waals surface area contributed by atoms with Crippen molar-refractivity contribution >= 4 is 22.5 Å². The summed E-state index contributed by atoms with van der Waals surface area (Å²) in [6, 6.07) is 0. The zero-order chi connectivity index (χ0) is 4.41. The molecule has 0 aromatic heterocycles. The molecule has 0 amide bonds. The Labute approximate surface area is 43.7 Å². The molecule has 0 radical (unpaired) electrons. The predicted octanol–water partition coefficient (Wildman–Crippen LogP) is 1.54. The topological polar surface area (TPSA) is 23.9 Å². The zero-order valence-electron chi connectivity index (χ0n) is 3.18. The molecule has 0 aromatic rings. The van der Waals surface area contributed by atoms with Gasteiger partial charge in [-0.2, -0.15) is 0 Å². The molecule has 0 aliphatic carbocycles. The molecule has 1 heterocycles. The average molecular weight is 119 g/mol. The van der Waals surface area contributed by atoms with Gasteiger partial charge < -0.3 is 0 Å². The normalized spacial score (nSPS) is 31.7. The van der Waals surface area contributed by atoms with E-state index < -0.39 is 0 Å². The molecule has 6 heavy (non-hydrogen) atoms. The Bertz CT molecular complexity index is 97.0. The minimum Gasteiger partial charge on any atom is -0.275 e. The Hall–Kier alpha value is 0.240. The summed E-state index contributed by atoms with van der Waals surface area (Å²) in [6.45, 7) is 0. The number of hydrogen-bond acceptors (Lipinski definition) is 2. The lowest BCUT2D eigenvalue weighted by molar-refractivity contribution is 1.64. The van der Waals surface area contributed by atoms with Crippen LogP contribution in [0.1, 0.15) is 0 Å². The second-order valence-electron chi connectivity index (χ2n) is 0.986. The first-order valence-electron chi connectivity index (χ1n) is 1.59.